The van der Waals surface area contributed by atoms with Crippen LogP contribution in [0.1, 0.15) is 44.8 Å². The van der Waals surface area contributed by atoms with Gasteiger partial charge in [-0.1, -0.05) is 27.7 Å². The largest absolute Gasteiger partial charge is 0.357 e. The first kappa shape index (κ1) is 14.8. The van der Waals surface area contributed by atoms with Crippen molar-refractivity contribution >= 4 is 5.82 Å². The summed E-state index contributed by atoms with van der Waals surface area (Å²) in [6, 6.07) is 0. The minimum Gasteiger partial charge on any atom is -0.357 e. The van der Waals surface area contributed by atoms with Crippen LogP contribution < -0.4 is 10.6 Å². The monoisotopic (exact) mass is 224 g/mol. The molecule has 0 aromatic carbocycles. The molecule has 16 heavy (non-hydrogen) atoms. The smallest absolute Gasteiger partial charge is 0.135 e. The first-order valence-corrected chi connectivity index (χ1v) is 6.06. The van der Waals surface area contributed by atoms with Crippen LogP contribution in [0.15, 0.2) is 0 Å². The molecule has 0 saturated carbocycles. The molecule has 2 heterocycles. The van der Waals surface area contributed by atoms with Gasteiger partial charge in [0.15, 0.2) is 0 Å². The second kappa shape index (κ2) is 8.05. The van der Waals surface area contributed by atoms with Crippen molar-refractivity contribution in [1.29, 1.82) is 0 Å². The molecule has 0 atom stereocenters. The van der Waals surface area contributed by atoms with E-state index in [1.54, 1.807) is 0 Å². The van der Waals surface area contributed by atoms with Crippen LogP contribution in [0.4, 0.5) is 5.82 Å². The summed E-state index contributed by atoms with van der Waals surface area (Å²) in [5, 5.41) is 6.39. The molecule has 2 N–H and O–H groups in total. The predicted octanol–water partition coefficient (Wildman–Crippen LogP) is 2.62. The Balaban J connectivity index is 0.000000509. The van der Waals surface area contributed by atoms with Gasteiger partial charge in [-0.05, 0) is 13.8 Å². The Labute approximate surface area is 98.9 Å². The number of hydrogen-bond donors (Lipinski definition) is 2. The van der Waals surface area contributed by atoms with Gasteiger partial charge in [0, 0.05) is 17.8 Å². The van der Waals surface area contributed by atoms with E-state index in [2.05, 4.69) is 20.6 Å². The second-order valence-electron chi connectivity index (χ2n) is 2.96. The molecule has 0 saturated heterocycles. The molecule has 0 aliphatic carbocycles. The van der Waals surface area contributed by atoms with Crippen LogP contribution in [0, 0.1) is 13.8 Å². The van der Waals surface area contributed by atoms with E-state index in [4.69, 9.17) is 0 Å². The number of hydrogen-bond acceptors (Lipinski definition) is 4. The van der Waals surface area contributed by atoms with Crippen LogP contribution in [0.5, 0.6) is 0 Å². The van der Waals surface area contributed by atoms with Crippen LogP contribution in [-0.4, -0.2) is 16.6 Å². The lowest BCUT2D eigenvalue weighted by Crippen LogP contribution is -2.29. The lowest BCUT2D eigenvalue weighted by atomic mass is 10.2. The van der Waals surface area contributed by atoms with Crippen LogP contribution in [0.25, 0.3) is 0 Å². The molecule has 0 radical (unpaired) electrons. The summed E-state index contributed by atoms with van der Waals surface area (Å²) in [7, 11) is 0. The third-order valence-electron chi connectivity index (χ3n) is 2.01. The van der Waals surface area contributed by atoms with Crippen molar-refractivity contribution in [1.82, 2.24) is 15.3 Å². The summed E-state index contributed by atoms with van der Waals surface area (Å²) in [5.41, 5.74) is 2.25. The van der Waals surface area contributed by atoms with Gasteiger partial charge in [0.2, 0.25) is 0 Å². The topological polar surface area (TPSA) is 49.8 Å². The number of aryl methyl sites for hydroxylation is 2. The fourth-order valence-corrected chi connectivity index (χ4v) is 1.43. The molecular weight excluding hydrogens is 200 g/mol. The Hall–Kier alpha value is -1.16. The standard InChI is InChI=1S/C8H12N4.2C2H6/c1-5-7-3-9-4-10-8(7)12-6(2)11-5;2*1-2/h9H,3-4H2,1-2H3,(H,10,11,12);2*1-2H3. The molecule has 0 bridgehead atoms. The van der Waals surface area contributed by atoms with Gasteiger partial charge in [-0.3, -0.25) is 5.32 Å². The highest BCUT2D eigenvalue weighted by Gasteiger charge is 2.12. The summed E-state index contributed by atoms with van der Waals surface area (Å²) in [6.45, 7) is 13.6. The summed E-state index contributed by atoms with van der Waals surface area (Å²) in [5.74, 6) is 1.82. The van der Waals surface area contributed by atoms with Crippen molar-refractivity contribution in [3.05, 3.63) is 17.1 Å². The average molecular weight is 224 g/mol. The SMILES string of the molecule is CC.CC.Cc1nc(C)c2c(n1)NCNC2. The average Bonchev–Trinajstić information content (AvgIpc) is 2.34. The molecule has 4 nitrogen and oxygen atoms in total. The van der Waals surface area contributed by atoms with Crippen LogP contribution in [0.3, 0.4) is 0 Å². The third-order valence-corrected chi connectivity index (χ3v) is 2.01. The highest BCUT2D eigenvalue weighted by atomic mass is 15.1. The predicted molar refractivity (Wildman–Crippen MR) is 69.5 cm³/mol. The minimum absolute atomic E-state index is 0.795. The summed E-state index contributed by atoms with van der Waals surface area (Å²) < 4.78 is 0. The number of anilines is 1. The van der Waals surface area contributed by atoms with Gasteiger partial charge in [-0.2, -0.15) is 0 Å². The zero-order chi connectivity index (χ0) is 12.6. The minimum atomic E-state index is 0.795. The van der Waals surface area contributed by atoms with E-state index in [0.29, 0.717) is 0 Å². The third kappa shape index (κ3) is 3.77. The molecule has 1 aliphatic heterocycles. The molecule has 4 heteroatoms. The van der Waals surface area contributed by atoms with Gasteiger partial charge < -0.3 is 5.32 Å². The van der Waals surface area contributed by atoms with E-state index >= 15 is 0 Å². The maximum Gasteiger partial charge on any atom is 0.135 e. The fourth-order valence-electron chi connectivity index (χ4n) is 1.43. The quantitative estimate of drug-likeness (QED) is 0.711. The van der Waals surface area contributed by atoms with Gasteiger partial charge in [-0.25, -0.2) is 9.97 Å². The molecule has 0 amide bonds. The van der Waals surface area contributed by atoms with Gasteiger partial charge in [0.25, 0.3) is 0 Å². The first-order chi connectivity index (χ1) is 7.77. The molecule has 1 aromatic rings. The zero-order valence-corrected chi connectivity index (χ0v) is 11.3. The Morgan fingerprint density at radius 2 is 1.62 bits per heavy atom. The normalized spacial score (nSPS) is 12.1. The number of rotatable bonds is 0. The van der Waals surface area contributed by atoms with Gasteiger partial charge >= 0.3 is 0 Å². The molecule has 0 unspecified atom stereocenters. The van der Waals surface area contributed by atoms with E-state index in [1.807, 2.05) is 41.5 Å². The van der Waals surface area contributed by atoms with Crippen LogP contribution in [0.2, 0.25) is 0 Å². The Morgan fingerprint density at radius 1 is 1.00 bits per heavy atom. The summed E-state index contributed by atoms with van der Waals surface area (Å²) in [6.07, 6.45) is 0. The summed E-state index contributed by atoms with van der Waals surface area (Å²) in [4.78, 5) is 8.61. The molecule has 1 aromatic heterocycles. The number of aromatic nitrogens is 2. The zero-order valence-electron chi connectivity index (χ0n) is 11.3. The Morgan fingerprint density at radius 3 is 2.25 bits per heavy atom. The van der Waals surface area contributed by atoms with E-state index in [9.17, 15) is 0 Å². The second-order valence-corrected chi connectivity index (χ2v) is 2.96. The first-order valence-electron chi connectivity index (χ1n) is 6.06. The summed E-state index contributed by atoms with van der Waals surface area (Å²) >= 11 is 0. The highest BCUT2D eigenvalue weighted by Crippen LogP contribution is 2.17. The molecule has 92 valence electrons. The van der Waals surface area contributed by atoms with E-state index < -0.39 is 0 Å². The Bertz CT molecular complexity index is 310. The van der Waals surface area contributed by atoms with Crippen LogP contribution in [-0.2, 0) is 6.54 Å². The number of fused-ring (bicyclic) bond motifs is 1. The molecule has 0 spiro atoms. The number of nitrogens with one attached hydrogen (secondary N) is 2. The lowest BCUT2D eigenvalue weighted by molar-refractivity contribution is 0.688. The van der Waals surface area contributed by atoms with Gasteiger partial charge in [0.1, 0.15) is 11.6 Å². The van der Waals surface area contributed by atoms with Gasteiger partial charge in [0.05, 0.1) is 6.67 Å². The van der Waals surface area contributed by atoms with E-state index in [-0.39, 0.29) is 0 Å². The van der Waals surface area contributed by atoms with Crippen molar-refractivity contribution in [2.75, 3.05) is 12.0 Å². The molecule has 0 fully saturated rings. The van der Waals surface area contributed by atoms with E-state index in [1.165, 1.54) is 5.56 Å². The van der Waals surface area contributed by atoms with Crippen LogP contribution >= 0.6 is 0 Å². The van der Waals surface area contributed by atoms with E-state index in [0.717, 1.165) is 30.5 Å². The molecule has 2 rings (SSSR count). The van der Waals surface area contributed by atoms with Crippen molar-refractivity contribution in [3.8, 4) is 0 Å². The lowest BCUT2D eigenvalue weighted by Gasteiger charge is -2.19. The fraction of sp³-hybridized carbons (Fsp3) is 0.667. The maximum atomic E-state index is 4.31. The van der Waals surface area contributed by atoms with Crippen molar-refractivity contribution in [2.45, 2.75) is 48.1 Å². The number of nitrogens with zero attached hydrogens (tertiary/aromatic N) is 2. The highest BCUT2D eigenvalue weighted by molar-refractivity contribution is 5.47. The van der Waals surface area contributed by atoms with Crippen molar-refractivity contribution in [3.63, 3.8) is 0 Å². The van der Waals surface area contributed by atoms with Crippen molar-refractivity contribution < 1.29 is 0 Å². The van der Waals surface area contributed by atoms with Gasteiger partial charge in [-0.15, -0.1) is 0 Å². The van der Waals surface area contributed by atoms with Crippen molar-refractivity contribution in [2.24, 2.45) is 0 Å². The Kier molecular flexibility index (Phi) is 7.46. The molecular formula is C12H24N4. The maximum absolute atomic E-state index is 4.31. The molecule has 1 aliphatic rings.